The van der Waals surface area contributed by atoms with Crippen molar-refractivity contribution in [1.82, 2.24) is 9.97 Å². The first kappa shape index (κ1) is 13.8. The first-order valence-corrected chi connectivity index (χ1v) is 5.27. The normalized spacial score (nSPS) is 11.5. The van der Waals surface area contributed by atoms with E-state index in [1.54, 1.807) is 0 Å². The summed E-state index contributed by atoms with van der Waals surface area (Å²) in [5.41, 5.74) is -0.804. The van der Waals surface area contributed by atoms with Gasteiger partial charge in [-0.3, -0.25) is 0 Å². The summed E-state index contributed by atoms with van der Waals surface area (Å²) in [5.74, 6) is 0. The summed E-state index contributed by atoms with van der Waals surface area (Å²) in [7, 11) is 0. The zero-order chi connectivity index (χ0) is 12.8. The third kappa shape index (κ3) is 2.41. The molecule has 2 nitrogen and oxygen atoms in total. The number of fused-ring (bicyclic) bond motifs is 3. The van der Waals surface area contributed by atoms with Crippen molar-refractivity contribution < 1.29 is 30.2 Å². The van der Waals surface area contributed by atoms with Crippen molar-refractivity contribution in [2.75, 3.05) is 0 Å². The van der Waals surface area contributed by atoms with E-state index in [0.29, 0.717) is 5.39 Å². The molecule has 6 heteroatoms. The first-order valence-electron chi connectivity index (χ1n) is 5.27. The second-order valence-corrected chi connectivity index (χ2v) is 3.91. The van der Waals surface area contributed by atoms with E-state index < -0.39 is 11.9 Å². The van der Waals surface area contributed by atoms with Crippen molar-refractivity contribution in [3.8, 4) is 0 Å². The molecule has 0 aliphatic heterocycles. The number of hydrogen-bond acceptors (Lipinski definition) is 2. The van der Waals surface area contributed by atoms with Crippen LogP contribution in [0.3, 0.4) is 0 Å². The minimum Gasteiger partial charge on any atom is -0.236 e. The van der Waals surface area contributed by atoms with Crippen LogP contribution >= 0.6 is 0 Å². The quantitative estimate of drug-likeness (QED) is 0.466. The molecule has 2 aromatic heterocycles. The summed E-state index contributed by atoms with van der Waals surface area (Å²) in [5, 5.41) is 2.36. The van der Waals surface area contributed by atoms with Crippen LogP contribution in [0.15, 0.2) is 42.6 Å². The molecule has 0 aliphatic rings. The first-order chi connectivity index (χ1) is 8.55. The molecule has 0 saturated heterocycles. The van der Waals surface area contributed by atoms with Crippen molar-refractivity contribution >= 4 is 21.8 Å². The van der Waals surface area contributed by atoms with E-state index in [4.69, 9.17) is 0 Å². The number of aromatic nitrogens is 2. The van der Waals surface area contributed by atoms with Crippen LogP contribution in [0.1, 0.15) is 5.69 Å². The maximum absolute atomic E-state index is 12.5. The zero-order valence-electron chi connectivity index (χ0n) is 9.37. The molecule has 0 atom stereocenters. The molecule has 2 heterocycles. The molecule has 0 N–H and O–H groups in total. The van der Waals surface area contributed by atoms with Gasteiger partial charge in [-0.05, 0) is 17.5 Å². The Morgan fingerprint density at radius 3 is 2.37 bits per heavy atom. The second-order valence-electron chi connectivity index (χ2n) is 3.91. The maximum atomic E-state index is 12.5. The molecule has 0 amide bonds. The van der Waals surface area contributed by atoms with Crippen LogP contribution in [0.4, 0.5) is 13.2 Å². The molecule has 0 fully saturated rings. The topological polar surface area (TPSA) is 25.8 Å². The van der Waals surface area contributed by atoms with Gasteiger partial charge in [0.2, 0.25) is 0 Å². The molecule has 3 rings (SSSR count). The predicted octanol–water partition coefficient (Wildman–Crippen LogP) is 3.80. The van der Waals surface area contributed by atoms with Gasteiger partial charge >= 0.3 is 6.18 Å². The summed E-state index contributed by atoms with van der Waals surface area (Å²) in [4.78, 5) is 7.53. The van der Waals surface area contributed by atoms with Crippen molar-refractivity contribution in [3.63, 3.8) is 0 Å². The number of rotatable bonds is 0. The Morgan fingerprint density at radius 1 is 0.895 bits per heavy atom. The Morgan fingerprint density at radius 2 is 1.63 bits per heavy atom. The predicted molar refractivity (Wildman–Crippen MR) is 62.0 cm³/mol. The molecular weight excluding hydrogens is 305 g/mol. The zero-order valence-corrected chi connectivity index (χ0v) is 10.3. The molecule has 0 saturated carbocycles. The van der Waals surface area contributed by atoms with Crippen molar-refractivity contribution in [3.05, 3.63) is 48.3 Å². The smallest absolute Gasteiger partial charge is 0.236 e. The molecule has 19 heavy (non-hydrogen) atoms. The Hall–Kier alpha value is -1.65. The average molecular weight is 312 g/mol. The van der Waals surface area contributed by atoms with Gasteiger partial charge in [0.1, 0.15) is 5.69 Å². The van der Waals surface area contributed by atoms with Gasteiger partial charge in [-0.1, -0.05) is 24.3 Å². The number of alkyl halides is 3. The van der Waals surface area contributed by atoms with E-state index in [0.717, 1.165) is 16.8 Å². The Balaban J connectivity index is 0.00000133. The van der Waals surface area contributed by atoms with Crippen LogP contribution in [-0.4, -0.2) is 9.97 Å². The minimum absolute atomic E-state index is 0. The summed E-state index contributed by atoms with van der Waals surface area (Å²) < 4.78 is 37.6. The van der Waals surface area contributed by atoms with Crippen molar-refractivity contribution in [2.45, 2.75) is 6.18 Å². The monoisotopic (exact) mass is 311 g/mol. The van der Waals surface area contributed by atoms with Gasteiger partial charge in [-0.25, -0.2) is 9.97 Å². The number of hydrogen-bond donors (Lipinski definition) is 0. The molecule has 0 spiro atoms. The molecule has 0 aliphatic carbocycles. The van der Waals surface area contributed by atoms with E-state index in [-0.39, 0.29) is 22.7 Å². The van der Waals surface area contributed by atoms with Crippen molar-refractivity contribution in [1.29, 1.82) is 0 Å². The van der Waals surface area contributed by atoms with E-state index >= 15 is 0 Å². The van der Waals surface area contributed by atoms with Crippen LogP contribution in [0.2, 0.25) is 0 Å². The fraction of sp³-hybridized carbons (Fsp3) is 0.0769. The summed E-state index contributed by atoms with van der Waals surface area (Å²) in [6, 6.07) is 9.79. The van der Waals surface area contributed by atoms with Crippen LogP contribution in [-0.2, 0) is 23.2 Å². The maximum Gasteiger partial charge on any atom is 0.433 e. The Bertz CT molecular complexity index is 741. The van der Waals surface area contributed by atoms with E-state index in [2.05, 4.69) is 9.97 Å². The van der Waals surface area contributed by atoms with Gasteiger partial charge in [-0.2, -0.15) is 13.2 Å². The largest absolute Gasteiger partial charge is 0.433 e. The summed E-state index contributed by atoms with van der Waals surface area (Å²) in [6.07, 6.45) is -2.91. The van der Waals surface area contributed by atoms with Crippen LogP contribution in [0.5, 0.6) is 0 Å². The molecule has 0 unspecified atom stereocenters. The third-order valence-corrected chi connectivity index (χ3v) is 2.74. The molecule has 101 valence electrons. The molecular formula is C13H7CuF3N2. The average Bonchev–Trinajstić information content (AvgIpc) is 2.37. The second kappa shape index (κ2) is 4.79. The van der Waals surface area contributed by atoms with Crippen LogP contribution in [0, 0.1) is 0 Å². The number of halogens is 3. The van der Waals surface area contributed by atoms with Gasteiger partial charge < -0.3 is 0 Å². The van der Waals surface area contributed by atoms with E-state index in [1.165, 1.54) is 12.3 Å². The molecule has 0 bridgehead atoms. The Kier molecular flexibility index (Phi) is 3.47. The third-order valence-electron chi connectivity index (χ3n) is 2.74. The number of pyridine rings is 2. The molecule has 1 aromatic carbocycles. The fourth-order valence-corrected chi connectivity index (χ4v) is 1.90. The van der Waals surface area contributed by atoms with Gasteiger partial charge in [-0.15, -0.1) is 0 Å². The van der Waals surface area contributed by atoms with Crippen molar-refractivity contribution in [2.24, 2.45) is 0 Å². The van der Waals surface area contributed by atoms with Crippen LogP contribution in [0.25, 0.3) is 21.8 Å². The van der Waals surface area contributed by atoms with Gasteiger partial charge in [0, 0.05) is 34.0 Å². The summed E-state index contributed by atoms with van der Waals surface area (Å²) >= 11 is 0. The SMILES string of the molecule is FC(F)(F)c1ccc2c(ncc3ccccc32)n1.[Cu]. The number of nitrogens with zero attached hydrogens (tertiary/aromatic N) is 2. The molecule has 3 aromatic rings. The standard InChI is InChI=1S/C13H7F3N2.Cu/c14-13(15,16)11-6-5-10-9-4-2-1-3-8(9)7-17-12(10)18-11;/h1-7H;. The van der Waals surface area contributed by atoms with Crippen LogP contribution < -0.4 is 0 Å². The fourth-order valence-electron chi connectivity index (χ4n) is 1.90. The van der Waals surface area contributed by atoms with E-state index in [9.17, 15) is 13.2 Å². The summed E-state index contributed by atoms with van der Waals surface area (Å²) in [6.45, 7) is 0. The van der Waals surface area contributed by atoms with Gasteiger partial charge in [0.15, 0.2) is 5.65 Å². The van der Waals surface area contributed by atoms with Gasteiger partial charge in [0.25, 0.3) is 0 Å². The minimum atomic E-state index is -4.44. The Labute approximate surface area is 117 Å². The number of benzene rings is 1. The van der Waals surface area contributed by atoms with E-state index in [1.807, 2.05) is 24.3 Å². The van der Waals surface area contributed by atoms with Gasteiger partial charge in [0.05, 0.1) is 0 Å². The molecule has 1 radical (unpaired) electrons.